The van der Waals surface area contributed by atoms with Gasteiger partial charge in [-0.1, -0.05) is 18.2 Å². The first-order valence-corrected chi connectivity index (χ1v) is 9.68. The Labute approximate surface area is 172 Å². The fourth-order valence-corrected chi connectivity index (χ4v) is 2.74. The highest BCUT2D eigenvalue weighted by Gasteiger charge is 2.06. The standard InChI is InChI=1S/C18H27N5S.HI/c1-15-16(14-23(22-15)17-9-5-4-6-10-17)8-7-11-20-18(19-2)21-12-13-24-3;/h4-6,9-10,14H,7-8,11-13H2,1-3H3,(H2,19,20,21);1H. The Balaban J connectivity index is 0.00000312. The molecule has 0 saturated heterocycles. The number of benzene rings is 1. The number of nitrogens with one attached hydrogen (secondary N) is 2. The summed E-state index contributed by atoms with van der Waals surface area (Å²) >= 11 is 1.83. The summed E-state index contributed by atoms with van der Waals surface area (Å²) in [6.45, 7) is 3.91. The smallest absolute Gasteiger partial charge is 0.191 e. The number of hydrogen-bond donors (Lipinski definition) is 2. The van der Waals surface area contributed by atoms with Crippen LogP contribution in [0.25, 0.3) is 5.69 Å². The molecule has 7 heteroatoms. The highest BCUT2D eigenvalue weighted by atomic mass is 127. The molecule has 1 aromatic heterocycles. The first-order chi connectivity index (χ1) is 11.7. The van der Waals surface area contributed by atoms with Gasteiger partial charge in [-0.2, -0.15) is 16.9 Å². The van der Waals surface area contributed by atoms with Gasteiger partial charge in [0.1, 0.15) is 0 Å². The van der Waals surface area contributed by atoms with E-state index >= 15 is 0 Å². The van der Waals surface area contributed by atoms with Gasteiger partial charge in [0.05, 0.1) is 11.4 Å². The Morgan fingerprint density at radius 2 is 1.92 bits per heavy atom. The first kappa shape index (κ1) is 21.8. The lowest BCUT2D eigenvalue weighted by molar-refractivity contribution is 0.747. The van der Waals surface area contributed by atoms with Gasteiger partial charge in [-0.15, -0.1) is 24.0 Å². The zero-order chi connectivity index (χ0) is 17.2. The van der Waals surface area contributed by atoms with E-state index < -0.39 is 0 Å². The number of halogens is 1. The Morgan fingerprint density at radius 3 is 2.60 bits per heavy atom. The number of aryl methyl sites for hydroxylation is 2. The SMILES string of the molecule is CN=C(NCCCc1cn(-c2ccccc2)nc1C)NCCSC.I. The summed E-state index contributed by atoms with van der Waals surface area (Å²) in [7, 11) is 1.81. The second-order valence-corrected chi connectivity index (χ2v) is 6.53. The van der Waals surface area contributed by atoms with Gasteiger partial charge in [-0.3, -0.25) is 4.99 Å². The van der Waals surface area contributed by atoms with Gasteiger partial charge in [0.25, 0.3) is 0 Å². The number of aromatic nitrogens is 2. The van der Waals surface area contributed by atoms with Crippen LogP contribution in [-0.4, -0.2) is 47.9 Å². The minimum absolute atomic E-state index is 0. The number of guanidine groups is 1. The van der Waals surface area contributed by atoms with Crippen LogP contribution in [0.2, 0.25) is 0 Å². The van der Waals surface area contributed by atoms with Gasteiger partial charge in [-0.05, 0) is 43.7 Å². The van der Waals surface area contributed by atoms with E-state index in [1.54, 1.807) is 0 Å². The number of rotatable bonds is 8. The molecule has 0 aliphatic heterocycles. The average molecular weight is 473 g/mol. The molecule has 5 nitrogen and oxygen atoms in total. The van der Waals surface area contributed by atoms with Crippen molar-refractivity contribution in [2.24, 2.45) is 4.99 Å². The zero-order valence-corrected chi connectivity index (χ0v) is 18.3. The molecule has 0 aliphatic carbocycles. The van der Waals surface area contributed by atoms with E-state index in [9.17, 15) is 0 Å². The molecule has 1 heterocycles. The maximum Gasteiger partial charge on any atom is 0.191 e. The Hall–Kier alpha value is -1.22. The van der Waals surface area contributed by atoms with Crippen molar-refractivity contribution in [3.8, 4) is 5.69 Å². The van der Waals surface area contributed by atoms with E-state index in [4.69, 9.17) is 0 Å². The molecule has 138 valence electrons. The Bertz CT molecular complexity index is 642. The Kier molecular flexibility index (Phi) is 10.6. The Morgan fingerprint density at radius 1 is 1.20 bits per heavy atom. The van der Waals surface area contributed by atoms with Crippen LogP contribution in [0.5, 0.6) is 0 Å². The lowest BCUT2D eigenvalue weighted by atomic mass is 10.1. The topological polar surface area (TPSA) is 54.2 Å². The largest absolute Gasteiger partial charge is 0.356 e. The molecule has 25 heavy (non-hydrogen) atoms. The number of nitrogens with zero attached hydrogens (tertiary/aromatic N) is 3. The molecule has 0 amide bonds. The van der Waals surface area contributed by atoms with Crippen molar-refractivity contribution in [3.63, 3.8) is 0 Å². The number of thioether (sulfide) groups is 1. The van der Waals surface area contributed by atoms with Crippen LogP contribution < -0.4 is 10.6 Å². The molecule has 2 N–H and O–H groups in total. The molecule has 0 aliphatic rings. The van der Waals surface area contributed by atoms with E-state index in [2.05, 4.69) is 52.2 Å². The van der Waals surface area contributed by atoms with Gasteiger partial charge in [-0.25, -0.2) is 4.68 Å². The van der Waals surface area contributed by atoms with Gasteiger partial charge in [0, 0.05) is 32.1 Å². The summed E-state index contributed by atoms with van der Waals surface area (Å²) in [5, 5.41) is 11.3. The van der Waals surface area contributed by atoms with Crippen molar-refractivity contribution >= 4 is 41.7 Å². The summed E-state index contributed by atoms with van der Waals surface area (Å²) < 4.78 is 1.96. The fraction of sp³-hybridized carbons (Fsp3) is 0.444. The maximum absolute atomic E-state index is 4.62. The second-order valence-electron chi connectivity index (χ2n) is 5.54. The molecule has 0 spiro atoms. The summed E-state index contributed by atoms with van der Waals surface area (Å²) in [5.74, 6) is 1.96. The monoisotopic (exact) mass is 473 g/mol. The molecule has 1 aromatic carbocycles. The van der Waals surface area contributed by atoms with Crippen molar-refractivity contribution in [3.05, 3.63) is 47.8 Å². The molecule has 0 bridgehead atoms. The van der Waals surface area contributed by atoms with Crippen LogP contribution in [0.1, 0.15) is 17.7 Å². The van der Waals surface area contributed by atoms with E-state index in [1.807, 2.05) is 41.7 Å². The number of aliphatic imine (C=N–C) groups is 1. The van der Waals surface area contributed by atoms with Crippen LogP contribution in [0.15, 0.2) is 41.5 Å². The minimum Gasteiger partial charge on any atom is -0.356 e. The van der Waals surface area contributed by atoms with Gasteiger partial charge < -0.3 is 10.6 Å². The maximum atomic E-state index is 4.62. The molecule has 2 rings (SSSR count). The summed E-state index contributed by atoms with van der Waals surface area (Å²) in [6, 6.07) is 10.2. The summed E-state index contributed by atoms with van der Waals surface area (Å²) in [4.78, 5) is 4.23. The fourth-order valence-electron chi connectivity index (χ4n) is 2.43. The first-order valence-electron chi connectivity index (χ1n) is 8.28. The van der Waals surface area contributed by atoms with E-state index in [0.29, 0.717) is 0 Å². The zero-order valence-electron chi connectivity index (χ0n) is 15.2. The third kappa shape index (κ3) is 7.27. The van der Waals surface area contributed by atoms with Crippen molar-refractivity contribution < 1.29 is 0 Å². The van der Waals surface area contributed by atoms with Gasteiger partial charge >= 0.3 is 0 Å². The van der Waals surface area contributed by atoms with E-state index in [0.717, 1.165) is 49.0 Å². The molecule has 0 saturated carbocycles. The highest BCUT2D eigenvalue weighted by Crippen LogP contribution is 2.13. The molecule has 0 radical (unpaired) electrons. The van der Waals surface area contributed by atoms with E-state index in [1.165, 1.54) is 5.56 Å². The predicted octanol–water partition coefficient (Wildman–Crippen LogP) is 3.26. The number of hydrogen-bond acceptors (Lipinski definition) is 3. The summed E-state index contributed by atoms with van der Waals surface area (Å²) in [5.41, 5.74) is 3.50. The lowest BCUT2D eigenvalue weighted by Crippen LogP contribution is -2.38. The van der Waals surface area contributed by atoms with Crippen LogP contribution in [0.4, 0.5) is 0 Å². The van der Waals surface area contributed by atoms with Crippen LogP contribution in [0, 0.1) is 6.92 Å². The number of para-hydroxylation sites is 1. The van der Waals surface area contributed by atoms with Crippen molar-refractivity contribution in [1.82, 2.24) is 20.4 Å². The molecule has 0 unspecified atom stereocenters. The van der Waals surface area contributed by atoms with Crippen LogP contribution >= 0.6 is 35.7 Å². The lowest BCUT2D eigenvalue weighted by Gasteiger charge is -2.11. The van der Waals surface area contributed by atoms with Gasteiger partial charge in [0.15, 0.2) is 5.96 Å². The van der Waals surface area contributed by atoms with Crippen molar-refractivity contribution in [2.75, 3.05) is 32.1 Å². The minimum atomic E-state index is 0. The molecular formula is C18H28IN5S. The van der Waals surface area contributed by atoms with E-state index in [-0.39, 0.29) is 24.0 Å². The molecule has 2 aromatic rings. The summed E-state index contributed by atoms with van der Waals surface area (Å²) in [6.07, 6.45) is 6.30. The molecular weight excluding hydrogens is 445 g/mol. The molecule has 0 atom stereocenters. The second kappa shape index (κ2) is 12.2. The third-order valence-electron chi connectivity index (χ3n) is 3.76. The average Bonchev–Trinajstić information content (AvgIpc) is 2.99. The van der Waals surface area contributed by atoms with Crippen molar-refractivity contribution in [2.45, 2.75) is 19.8 Å². The quantitative estimate of drug-likeness (QED) is 0.268. The van der Waals surface area contributed by atoms with Crippen molar-refractivity contribution in [1.29, 1.82) is 0 Å². The third-order valence-corrected chi connectivity index (χ3v) is 4.37. The normalized spacial score (nSPS) is 11.1. The van der Waals surface area contributed by atoms with Crippen LogP contribution in [-0.2, 0) is 6.42 Å². The highest BCUT2D eigenvalue weighted by molar-refractivity contribution is 14.0. The molecule has 0 fully saturated rings. The van der Waals surface area contributed by atoms with Crippen LogP contribution in [0.3, 0.4) is 0 Å². The predicted molar refractivity (Wildman–Crippen MR) is 120 cm³/mol. The van der Waals surface area contributed by atoms with Gasteiger partial charge in [0.2, 0.25) is 0 Å².